The van der Waals surface area contributed by atoms with Crippen LogP contribution in [0.15, 0.2) is 0 Å². The summed E-state index contributed by atoms with van der Waals surface area (Å²) < 4.78 is 0. The molecule has 23 heavy (non-hydrogen) atoms. The van der Waals surface area contributed by atoms with Gasteiger partial charge in [-0.05, 0) is 32.4 Å². The van der Waals surface area contributed by atoms with Crippen molar-refractivity contribution in [3.05, 3.63) is 0 Å². The highest BCUT2D eigenvalue weighted by Crippen LogP contribution is 2.20. The van der Waals surface area contributed by atoms with E-state index in [2.05, 4.69) is 32.1 Å². The van der Waals surface area contributed by atoms with Gasteiger partial charge in [-0.2, -0.15) is 0 Å². The van der Waals surface area contributed by atoms with Crippen molar-refractivity contribution in [2.45, 2.75) is 19.8 Å². The minimum Gasteiger partial charge on any atom is -0.340 e. The Balaban J connectivity index is 1.35. The molecule has 1 N–H and O–H groups in total. The van der Waals surface area contributed by atoms with Crippen molar-refractivity contribution in [1.82, 2.24) is 25.1 Å². The van der Waals surface area contributed by atoms with Crippen LogP contribution in [-0.4, -0.2) is 98.1 Å². The zero-order chi connectivity index (χ0) is 16.2. The van der Waals surface area contributed by atoms with E-state index >= 15 is 0 Å². The second-order valence-electron chi connectivity index (χ2n) is 7.33. The lowest BCUT2D eigenvalue weighted by Crippen LogP contribution is -2.58. The van der Waals surface area contributed by atoms with Crippen molar-refractivity contribution in [2.24, 2.45) is 11.8 Å². The Hall–Kier alpha value is -0.690. The van der Waals surface area contributed by atoms with Crippen molar-refractivity contribution < 1.29 is 4.79 Å². The van der Waals surface area contributed by atoms with E-state index in [1.807, 2.05) is 7.05 Å². The molecule has 0 atom stereocenters. The van der Waals surface area contributed by atoms with Gasteiger partial charge < -0.3 is 9.80 Å². The van der Waals surface area contributed by atoms with Gasteiger partial charge in [-0.1, -0.05) is 6.92 Å². The lowest BCUT2D eigenvalue weighted by Gasteiger charge is -2.43. The molecule has 0 spiro atoms. The van der Waals surface area contributed by atoms with Crippen LogP contribution in [-0.2, 0) is 4.79 Å². The molecular formula is C17H33N5O. The third-order valence-electron chi connectivity index (χ3n) is 5.88. The van der Waals surface area contributed by atoms with Crippen molar-refractivity contribution in [3.8, 4) is 0 Å². The Kier molecular flexibility index (Phi) is 5.91. The van der Waals surface area contributed by atoms with Crippen molar-refractivity contribution in [1.29, 1.82) is 0 Å². The molecule has 0 aromatic heterocycles. The molecule has 6 heteroatoms. The summed E-state index contributed by atoms with van der Waals surface area (Å²) in [5.41, 5.74) is 3.25. The second-order valence-corrected chi connectivity index (χ2v) is 7.33. The average Bonchev–Trinajstić information content (AvgIpc) is 2.55. The van der Waals surface area contributed by atoms with Gasteiger partial charge >= 0.3 is 0 Å². The van der Waals surface area contributed by atoms with Crippen LogP contribution in [0.5, 0.6) is 0 Å². The van der Waals surface area contributed by atoms with Crippen LogP contribution in [0.2, 0.25) is 0 Å². The predicted molar refractivity (Wildman–Crippen MR) is 92.0 cm³/mol. The molecule has 3 fully saturated rings. The lowest BCUT2D eigenvalue weighted by atomic mass is 9.96. The van der Waals surface area contributed by atoms with Crippen LogP contribution in [0.3, 0.4) is 0 Å². The fourth-order valence-electron chi connectivity index (χ4n) is 4.10. The molecule has 0 aliphatic carbocycles. The number of rotatable bonds is 5. The van der Waals surface area contributed by atoms with E-state index < -0.39 is 0 Å². The number of hydrogen-bond acceptors (Lipinski definition) is 5. The molecule has 3 rings (SSSR count). The summed E-state index contributed by atoms with van der Waals surface area (Å²) in [7, 11) is 2.01. The first kappa shape index (κ1) is 17.1. The fraction of sp³-hybridized carbons (Fsp3) is 0.941. The standard InChI is InChI=1S/C17H33N5O/c1-3-19-13-16(14-19)17(23)21-10-8-20(9-11-21)12-15-4-6-22(18-2)7-5-15/h15-16,18H,3-14H2,1-2H3. The number of likely N-dealkylation sites (tertiary alicyclic amines) is 1. The first-order chi connectivity index (χ1) is 11.2. The quantitative estimate of drug-likeness (QED) is 0.767. The second kappa shape index (κ2) is 7.92. The van der Waals surface area contributed by atoms with Crippen LogP contribution in [0.25, 0.3) is 0 Å². The zero-order valence-electron chi connectivity index (χ0n) is 14.8. The van der Waals surface area contributed by atoms with Crippen LogP contribution < -0.4 is 5.43 Å². The molecule has 0 bridgehead atoms. The SMILES string of the molecule is CCN1CC(C(=O)N2CCN(CC3CCN(NC)CC3)CC2)C1. The number of hydrogen-bond donors (Lipinski definition) is 1. The van der Waals surface area contributed by atoms with Gasteiger partial charge in [-0.15, -0.1) is 0 Å². The molecule has 3 saturated heterocycles. The number of carbonyl (C=O) groups is 1. The first-order valence-corrected chi connectivity index (χ1v) is 9.35. The van der Waals surface area contributed by atoms with E-state index in [1.165, 1.54) is 19.4 Å². The van der Waals surface area contributed by atoms with Gasteiger partial charge in [0, 0.05) is 58.9 Å². The Labute approximate surface area is 140 Å². The van der Waals surface area contributed by atoms with Crippen molar-refractivity contribution in [2.75, 3.05) is 72.5 Å². The molecule has 3 heterocycles. The van der Waals surface area contributed by atoms with E-state index in [9.17, 15) is 4.79 Å². The lowest BCUT2D eigenvalue weighted by molar-refractivity contribution is -0.142. The number of hydrazine groups is 1. The summed E-state index contributed by atoms with van der Waals surface area (Å²) in [6.07, 6.45) is 2.57. The average molecular weight is 323 g/mol. The highest BCUT2D eigenvalue weighted by Gasteiger charge is 2.35. The van der Waals surface area contributed by atoms with Crippen LogP contribution in [0.1, 0.15) is 19.8 Å². The minimum atomic E-state index is 0.271. The Bertz CT molecular complexity index is 382. The Morgan fingerprint density at radius 2 is 1.65 bits per heavy atom. The maximum Gasteiger partial charge on any atom is 0.228 e. The van der Waals surface area contributed by atoms with Crippen LogP contribution in [0.4, 0.5) is 0 Å². The third kappa shape index (κ3) is 4.24. The maximum absolute atomic E-state index is 12.5. The smallest absolute Gasteiger partial charge is 0.228 e. The highest BCUT2D eigenvalue weighted by molar-refractivity contribution is 5.80. The van der Waals surface area contributed by atoms with Gasteiger partial charge in [0.25, 0.3) is 0 Å². The van der Waals surface area contributed by atoms with Gasteiger partial charge in [0.05, 0.1) is 5.92 Å². The van der Waals surface area contributed by atoms with Gasteiger partial charge in [-0.25, -0.2) is 5.01 Å². The van der Waals surface area contributed by atoms with Crippen molar-refractivity contribution in [3.63, 3.8) is 0 Å². The van der Waals surface area contributed by atoms with E-state index in [0.717, 1.165) is 64.8 Å². The van der Waals surface area contributed by atoms with Crippen molar-refractivity contribution >= 4 is 5.91 Å². The minimum absolute atomic E-state index is 0.271. The first-order valence-electron chi connectivity index (χ1n) is 9.35. The summed E-state index contributed by atoms with van der Waals surface area (Å²) in [6, 6.07) is 0. The molecule has 0 aromatic rings. The normalized spacial score (nSPS) is 26.4. The maximum atomic E-state index is 12.5. The molecule has 0 radical (unpaired) electrons. The Morgan fingerprint density at radius 3 is 2.22 bits per heavy atom. The highest BCUT2D eigenvalue weighted by atomic mass is 16.2. The monoisotopic (exact) mass is 323 g/mol. The fourth-order valence-corrected chi connectivity index (χ4v) is 4.10. The molecule has 6 nitrogen and oxygen atoms in total. The number of carbonyl (C=O) groups excluding carboxylic acids is 1. The summed E-state index contributed by atoms with van der Waals surface area (Å²) >= 11 is 0. The van der Waals surface area contributed by atoms with Gasteiger partial charge in [0.1, 0.15) is 0 Å². The summed E-state index contributed by atoms with van der Waals surface area (Å²) in [5.74, 6) is 1.50. The van der Waals surface area contributed by atoms with E-state index in [4.69, 9.17) is 0 Å². The van der Waals surface area contributed by atoms with E-state index in [-0.39, 0.29) is 5.92 Å². The molecule has 3 aliphatic heterocycles. The Morgan fingerprint density at radius 1 is 1.00 bits per heavy atom. The van der Waals surface area contributed by atoms with Crippen LogP contribution >= 0.6 is 0 Å². The molecule has 0 saturated carbocycles. The third-order valence-corrected chi connectivity index (χ3v) is 5.88. The van der Waals surface area contributed by atoms with E-state index in [0.29, 0.717) is 5.91 Å². The topological polar surface area (TPSA) is 42.1 Å². The largest absolute Gasteiger partial charge is 0.340 e. The molecule has 132 valence electrons. The zero-order valence-corrected chi connectivity index (χ0v) is 14.8. The predicted octanol–water partition coefficient (Wildman–Crippen LogP) is -0.0713. The summed E-state index contributed by atoms with van der Waals surface area (Å²) in [4.78, 5) is 19.5. The van der Waals surface area contributed by atoms with Gasteiger partial charge in [0.15, 0.2) is 0 Å². The number of piperidine rings is 1. The van der Waals surface area contributed by atoms with Gasteiger partial charge in [-0.3, -0.25) is 15.1 Å². The number of amides is 1. The van der Waals surface area contributed by atoms with Gasteiger partial charge in [0.2, 0.25) is 5.91 Å². The molecule has 0 aromatic carbocycles. The summed E-state index contributed by atoms with van der Waals surface area (Å²) in [5, 5.41) is 2.31. The molecule has 3 aliphatic rings. The van der Waals surface area contributed by atoms with E-state index in [1.54, 1.807) is 0 Å². The summed E-state index contributed by atoms with van der Waals surface area (Å²) in [6.45, 7) is 12.7. The number of nitrogens with one attached hydrogen (secondary N) is 1. The molecule has 0 unspecified atom stereocenters. The molecule has 1 amide bonds. The number of piperazine rings is 1. The number of nitrogens with zero attached hydrogens (tertiary/aromatic N) is 4. The molecular weight excluding hydrogens is 290 g/mol. The van der Waals surface area contributed by atoms with Crippen LogP contribution in [0, 0.1) is 11.8 Å².